The van der Waals surface area contributed by atoms with Crippen LogP contribution < -0.4 is 0 Å². The molecule has 0 N–H and O–H groups in total. The van der Waals surface area contributed by atoms with Crippen molar-refractivity contribution in [1.82, 2.24) is 0 Å². The molecule has 0 spiro atoms. The fourth-order valence-electron chi connectivity index (χ4n) is 0. The van der Waals surface area contributed by atoms with E-state index in [0.717, 1.165) is 0 Å². The quantitative estimate of drug-likeness (QED) is 0.341. The summed E-state index contributed by atoms with van der Waals surface area (Å²) in [5, 5.41) is 0. The molecule has 0 aliphatic heterocycles. The lowest BCUT2D eigenvalue weighted by molar-refractivity contribution is 0.506. The Morgan fingerprint density at radius 3 is 1.60 bits per heavy atom. The summed E-state index contributed by atoms with van der Waals surface area (Å²) in [6.45, 7) is 0. The molecular formula is CCl2FSi. The average molecular weight is 130 g/mol. The highest BCUT2D eigenvalue weighted by molar-refractivity contribution is 6.63. The molecule has 0 unspecified atom stereocenters. The van der Waals surface area contributed by atoms with Crippen molar-refractivity contribution in [3.8, 4) is 0 Å². The van der Waals surface area contributed by atoms with Gasteiger partial charge >= 0.3 is 0 Å². The van der Waals surface area contributed by atoms with Gasteiger partial charge in [-0.3, -0.25) is 0 Å². The molecule has 0 atom stereocenters. The van der Waals surface area contributed by atoms with Crippen molar-refractivity contribution in [3.05, 3.63) is 0 Å². The normalized spacial score (nSPS) is 12.0. The van der Waals surface area contributed by atoms with Gasteiger partial charge in [-0.15, -0.1) is 0 Å². The molecule has 0 fully saturated rings. The van der Waals surface area contributed by atoms with Gasteiger partial charge in [0.25, 0.3) is 0 Å². The molecule has 0 bridgehead atoms. The molecule has 0 aliphatic carbocycles. The van der Waals surface area contributed by atoms with Crippen molar-refractivity contribution >= 4 is 33.4 Å². The summed E-state index contributed by atoms with van der Waals surface area (Å²) in [6, 6.07) is 0. The Hall–Kier alpha value is 0.727. The monoisotopic (exact) mass is 129 g/mol. The van der Waals surface area contributed by atoms with Crippen LogP contribution in [0.15, 0.2) is 0 Å². The van der Waals surface area contributed by atoms with E-state index in [1.165, 1.54) is 0 Å². The van der Waals surface area contributed by atoms with Gasteiger partial charge in [-0.05, 0) is 0 Å². The summed E-state index contributed by atoms with van der Waals surface area (Å²) in [7, 11) is 2.28. The predicted molar refractivity (Wildman–Crippen MR) is 21.3 cm³/mol. The van der Waals surface area contributed by atoms with E-state index in [-0.39, 0.29) is 0 Å². The topological polar surface area (TPSA) is 0 Å². The zero-order chi connectivity index (χ0) is 4.50. The van der Waals surface area contributed by atoms with Gasteiger partial charge in [0.1, 0.15) is 10.2 Å². The molecule has 0 rings (SSSR count). The molecule has 4 heteroatoms. The summed E-state index contributed by atoms with van der Waals surface area (Å²) in [6.07, 6.45) is 0. The van der Waals surface area contributed by atoms with Crippen molar-refractivity contribution < 1.29 is 4.39 Å². The molecule has 3 radical (unpaired) electrons. The highest BCUT2D eigenvalue weighted by Crippen LogP contribution is 2.15. The zero-order valence-electron chi connectivity index (χ0n) is 2.13. The molecule has 29 valence electrons. The van der Waals surface area contributed by atoms with E-state index in [9.17, 15) is 4.39 Å². The van der Waals surface area contributed by atoms with Gasteiger partial charge in [-0.25, -0.2) is 4.39 Å². The number of hydrogen-bond donors (Lipinski definition) is 0. The van der Waals surface area contributed by atoms with E-state index in [4.69, 9.17) is 0 Å². The van der Waals surface area contributed by atoms with Crippen LogP contribution in [0.1, 0.15) is 0 Å². The Bertz CT molecular complexity index is 25.1. The number of hydrogen-bond acceptors (Lipinski definition) is 0. The zero-order valence-corrected chi connectivity index (χ0v) is 4.65. The summed E-state index contributed by atoms with van der Waals surface area (Å²) in [5.74, 6) is 0. The predicted octanol–water partition coefficient (Wildman–Crippen LogP) is 1.21. The molecule has 0 aromatic carbocycles. The maximum absolute atomic E-state index is 11.1. The second-order valence-electron chi connectivity index (χ2n) is 0.498. The Labute approximate surface area is 42.7 Å². The molecule has 0 amide bonds. The molecule has 0 nitrogen and oxygen atoms in total. The fourth-order valence-corrected chi connectivity index (χ4v) is 0. The smallest absolute Gasteiger partial charge is 0.214 e. The van der Waals surface area contributed by atoms with E-state index in [2.05, 4.69) is 33.4 Å². The minimum absolute atomic E-state index is 2.25. The Balaban J connectivity index is 3.02. The lowest BCUT2D eigenvalue weighted by Crippen LogP contribution is -1.99. The van der Waals surface area contributed by atoms with Crippen LogP contribution in [0, 0.1) is 0 Å². The minimum atomic E-state index is -2.25. The summed E-state index contributed by atoms with van der Waals surface area (Å²) in [5.41, 5.74) is 0. The van der Waals surface area contributed by atoms with Crippen LogP contribution in [-0.2, 0) is 0 Å². The van der Waals surface area contributed by atoms with E-state index in [0.29, 0.717) is 0 Å². The lowest BCUT2D eigenvalue weighted by atomic mass is 11.7. The van der Waals surface area contributed by atoms with E-state index < -0.39 is 4.21 Å². The SMILES string of the molecule is FC([Si])(Cl)Cl. The van der Waals surface area contributed by atoms with E-state index in [1.807, 2.05) is 0 Å². The first-order chi connectivity index (χ1) is 2.00. The summed E-state index contributed by atoms with van der Waals surface area (Å²) < 4.78 is 8.88. The first-order valence-electron chi connectivity index (χ1n) is 0.817. The van der Waals surface area contributed by atoms with Crippen molar-refractivity contribution in [3.63, 3.8) is 0 Å². The fraction of sp³-hybridized carbons (Fsp3) is 1.00. The van der Waals surface area contributed by atoms with Crippen molar-refractivity contribution in [1.29, 1.82) is 0 Å². The van der Waals surface area contributed by atoms with Gasteiger partial charge < -0.3 is 0 Å². The highest BCUT2D eigenvalue weighted by Gasteiger charge is 2.10. The third kappa shape index (κ3) is 66.5. The van der Waals surface area contributed by atoms with Crippen LogP contribution >= 0.6 is 23.2 Å². The highest BCUT2D eigenvalue weighted by atomic mass is 35.5. The number of halogens is 3. The molecule has 0 aromatic rings. The molecule has 0 saturated carbocycles. The van der Waals surface area contributed by atoms with Gasteiger partial charge in [-0.1, -0.05) is 23.2 Å². The first-order valence-corrected chi connectivity index (χ1v) is 2.07. The second-order valence-corrected chi connectivity index (χ2v) is 3.06. The second kappa shape index (κ2) is 1.45. The van der Waals surface area contributed by atoms with Crippen molar-refractivity contribution in [2.75, 3.05) is 0 Å². The number of alkyl halides is 3. The third-order valence-corrected chi connectivity index (χ3v) is 0. The van der Waals surface area contributed by atoms with Crippen LogP contribution in [-0.4, -0.2) is 14.5 Å². The molecule has 0 aliphatic rings. The van der Waals surface area contributed by atoms with Crippen LogP contribution in [0.5, 0.6) is 0 Å². The van der Waals surface area contributed by atoms with Gasteiger partial charge in [0.05, 0.1) is 0 Å². The molecule has 0 aromatic heterocycles. The minimum Gasteiger partial charge on any atom is -0.214 e. The van der Waals surface area contributed by atoms with Crippen LogP contribution in [0.4, 0.5) is 4.39 Å². The maximum Gasteiger partial charge on any atom is 0.231 e. The van der Waals surface area contributed by atoms with Crippen LogP contribution in [0.2, 0.25) is 0 Å². The van der Waals surface area contributed by atoms with Gasteiger partial charge in [0.15, 0.2) is 0 Å². The Kier molecular flexibility index (Phi) is 1.66. The Morgan fingerprint density at radius 2 is 1.60 bits per heavy atom. The number of rotatable bonds is 0. The Morgan fingerprint density at radius 1 is 1.60 bits per heavy atom. The first kappa shape index (κ1) is 5.73. The van der Waals surface area contributed by atoms with Crippen LogP contribution in [0.3, 0.4) is 0 Å². The van der Waals surface area contributed by atoms with Gasteiger partial charge in [0, 0.05) is 0 Å². The molecule has 0 saturated heterocycles. The largest absolute Gasteiger partial charge is 0.231 e. The van der Waals surface area contributed by atoms with Crippen molar-refractivity contribution in [2.45, 2.75) is 4.21 Å². The average Bonchev–Trinajstić information content (AvgIpc) is 0.722. The van der Waals surface area contributed by atoms with Gasteiger partial charge in [-0.2, -0.15) is 0 Å². The standard InChI is InChI=1S/CCl2FSi/c2-1(3,4)5. The van der Waals surface area contributed by atoms with Crippen molar-refractivity contribution in [2.24, 2.45) is 0 Å². The molecule has 0 heterocycles. The van der Waals surface area contributed by atoms with Gasteiger partial charge in [0.2, 0.25) is 4.21 Å². The van der Waals surface area contributed by atoms with Crippen LogP contribution in [0.25, 0.3) is 0 Å². The molecular weight excluding hydrogens is 130 g/mol. The summed E-state index contributed by atoms with van der Waals surface area (Å²) >= 11 is 9.08. The van der Waals surface area contributed by atoms with E-state index in [1.54, 1.807) is 0 Å². The lowest BCUT2D eigenvalue weighted by Gasteiger charge is -1.92. The maximum atomic E-state index is 11.1. The third-order valence-electron chi connectivity index (χ3n) is 0. The van der Waals surface area contributed by atoms with E-state index >= 15 is 0 Å². The molecule has 5 heavy (non-hydrogen) atoms. The summed E-state index contributed by atoms with van der Waals surface area (Å²) in [4.78, 5) is 0.